The van der Waals surface area contributed by atoms with Gasteiger partial charge in [0, 0.05) is 11.7 Å². The lowest BCUT2D eigenvalue weighted by Gasteiger charge is -2.02. The molecule has 3 unspecified atom stereocenters. The standard InChI is InChI=1S/C13H12FNO4S/c1-2-20(18,19)11-10(13(11,7-15)12(16)17)8-3-5-9(14)6-4-8/h3-6,10-11H,2H2,1H3,(H,16,17). The van der Waals surface area contributed by atoms with E-state index in [0.717, 1.165) is 12.1 Å². The summed E-state index contributed by atoms with van der Waals surface area (Å²) in [7, 11) is -3.69. The number of nitrogens with zero attached hydrogens (tertiary/aromatic N) is 1. The number of hydrogen-bond donors (Lipinski definition) is 1. The first-order valence-electron chi connectivity index (χ1n) is 5.93. The van der Waals surface area contributed by atoms with Crippen LogP contribution < -0.4 is 0 Å². The minimum absolute atomic E-state index is 0.244. The minimum Gasteiger partial charge on any atom is -0.480 e. The van der Waals surface area contributed by atoms with E-state index in [9.17, 15) is 28.0 Å². The molecule has 3 atom stereocenters. The van der Waals surface area contributed by atoms with Crippen LogP contribution in [0.15, 0.2) is 24.3 Å². The largest absolute Gasteiger partial charge is 0.480 e. The van der Waals surface area contributed by atoms with E-state index in [1.54, 1.807) is 6.07 Å². The van der Waals surface area contributed by atoms with E-state index in [1.165, 1.54) is 19.1 Å². The molecule has 0 spiro atoms. The third kappa shape index (κ3) is 1.88. The second kappa shape index (κ2) is 4.56. The molecule has 0 aromatic heterocycles. The fourth-order valence-electron chi connectivity index (χ4n) is 2.57. The number of hydrogen-bond acceptors (Lipinski definition) is 4. The number of carboxylic acid groups (broad SMARTS) is 1. The van der Waals surface area contributed by atoms with Crippen molar-refractivity contribution in [2.24, 2.45) is 5.41 Å². The van der Waals surface area contributed by atoms with Crippen LogP contribution in [-0.2, 0) is 14.6 Å². The normalized spacial score (nSPS) is 28.6. The molecule has 5 nitrogen and oxygen atoms in total. The van der Waals surface area contributed by atoms with Gasteiger partial charge >= 0.3 is 5.97 Å². The second-order valence-electron chi connectivity index (χ2n) is 4.69. The number of halogens is 1. The smallest absolute Gasteiger partial charge is 0.326 e. The van der Waals surface area contributed by atoms with Gasteiger partial charge in [0.1, 0.15) is 11.1 Å². The molecule has 1 fully saturated rings. The molecule has 0 heterocycles. The van der Waals surface area contributed by atoms with Gasteiger partial charge in [-0.3, -0.25) is 4.79 Å². The number of rotatable bonds is 4. The van der Waals surface area contributed by atoms with Gasteiger partial charge in [-0.1, -0.05) is 19.1 Å². The first-order chi connectivity index (χ1) is 9.31. The van der Waals surface area contributed by atoms with Crippen LogP contribution in [0.25, 0.3) is 0 Å². The average molecular weight is 297 g/mol. The maximum absolute atomic E-state index is 12.9. The Morgan fingerprint density at radius 2 is 2.00 bits per heavy atom. The van der Waals surface area contributed by atoms with Crippen LogP contribution in [0.3, 0.4) is 0 Å². The molecule has 0 amide bonds. The van der Waals surface area contributed by atoms with Crippen LogP contribution in [-0.4, -0.2) is 30.5 Å². The van der Waals surface area contributed by atoms with E-state index in [4.69, 9.17) is 0 Å². The summed E-state index contributed by atoms with van der Waals surface area (Å²) < 4.78 is 36.9. The molecule has 1 aliphatic carbocycles. The molecule has 1 aromatic carbocycles. The number of nitriles is 1. The van der Waals surface area contributed by atoms with Gasteiger partial charge in [-0.2, -0.15) is 5.26 Å². The summed E-state index contributed by atoms with van der Waals surface area (Å²) in [6.07, 6.45) is 0. The number of carbonyl (C=O) groups is 1. The van der Waals surface area contributed by atoms with Crippen molar-refractivity contribution in [1.82, 2.24) is 0 Å². The van der Waals surface area contributed by atoms with E-state index in [1.807, 2.05) is 0 Å². The molecule has 0 saturated heterocycles. The van der Waals surface area contributed by atoms with Crippen LogP contribution >= 0.6 is 0 Å². The van der Waals surface area contributed by atoms with Crippen molar-refractivity contribution in [2.45, 2.75) is 18.1 Å². The summed E-state index contributed by atoms with van der Waals surface area (Å²) in [6, 6.07) is 6.51. The molecule has 2 rings (SSSR count). The summed E-state index contributed by atoms with van der Waals surface area (Å²) in [5, 5.41) is 17.1. The quantitative estimate of drug-likeness (QED) is 0.904. The Bertz CT molecular complexity index is 692. The maximum Gasteiger partial charge on any atom is 0.326 e. The Kier molecular flexibility index (Phi) is 3.30. The van der Waals surface area contributed by atoms with Gasteiger partial charge in [-0.15, -0.1) is 0 Å². The molecule has 106 valence electrons. The van der Waals surface area contributed by atoms with Crippen molar-refractivity contribution in [3.05, 3.63) is 35.6 Å². The van der Waals surface area contributed by atoms with E-state index in [2.05, 4.69) is 0 Å². The summed E-state index contributed by atoms with van der Waals surface area (Å²) in [5.41, 5.74) is -1.63. The number of aliphatic carboxylic acids is 1. The Labute approximate surface area is 115 Å². The highest BCUT2D eigenvalue weighted by molar-refractivity contribution is 7.92. The van der Waals surface area contributed by atoms with Gasteiger partial charge in [0.15, 0.2) is 15.3 Å². The molecule has 1 aromatic rings. The van der Waals surface area contributed by atoms with Gasteiger partial charge in [-0.05, 0) is 17.7 Å². The molecular formula is C13H12FNO4S. The summed E-state index contributed by atoms with van der Waals surface area (Å²) in [5.74, 6) is -3.18. The third-order valence-electron chi connectivity index (χ3n) is 3.69. The number of benzene rings is 1. The molecule has 1 aliphatic rings. The van der Waals surface area contributed by atoms with Gasteiger partial charge in [0.25, 0.3) is 0 Å². The predicted octanol–water partition coefficient (Wildman–Crippen LogP) is 1.32. The monoisotopic (exact) mass is 297 g/mol. The van der Waals surface area contributed by atoms with E-state index in [-0.39, 0.29) is 5.75 Å². The van der Waals surface area contributed by atoms with Gasteiger partial charge < -0.3 is 5.11 Å². The van der Waals surface area contributed by atoms with E-state index >= 15 is 0 Å². The Morgan fingerprint density at radius 1 is 1.45 bits per heavy atom. The van der Waals surface area contributed by atoms with Crippen molar-refractivity contribution in [2.75, 3.05) is 5.75 Å². The van der Waals surface area contributed by atoms with Crippen LogP contribution in [0.5, 0.6) is 0 Å². The van der Waals surface area contributed by atoms with E-state index in [0.29, 0.717) is 5.56 Å². The zero-order chi connectivity index (χ0) is 15.1. The Balaban J connectivity index is 2.54. The topological polar surface area (TPSA) is 95.2 Å². The highest BCUT2D eigenvalue weighted by Crippen LogP contribution is 2.62. The molecule has 0 bridgehead atoms. The Morgan fingerprint density at radius 3 is 2.40 bits per heavy atom. The number of carboxylic acids is 1. The zero-order valence-electron chi connectivity index (χ0n) is 10.6. The van der Waals surface area contributed by atoms with Crippen molar-refractivity contribution < 1.29 is 22.7 Å². The molecular weight excluding hydrogens is 285 g/mol. The SMILES string of the molecule is CCS(=O)(=O)C1C(c2ccc(F)cc2)C1(C#N)C(=O)O. The fraction of sp³-hybridized carbons (Fsp3) is 0.385. The maximum atomic E-state index is 12.9. The summed E-state index contributed by atoms with van der Waals surface area (Å²) in [6.45, 7) is 1.40. The fourth-order valence-corrected chi connectivity index (χ4v) is 4.50. The Hall–Kier alpha value is -1.94. The molecule has 20 heavy (non-hydrogen) atoms. The molecule has 0 radical (unpaired) electrons. The first kappa shape index (κ1) is 14.5. The van der Waals surface area contributed by atoms with Crippen LogP contribution in [0.4, 0.5) is 4.39 Å². The highest BCUT2D eigenvalue weighted by atomic mass is 32.2. The average Bonchev–Trinajstić information content (AvgIpc) is 3.11. The predicted molar refractivity (Wildman–Crippen MR) is 68.1 cm³/mol. The molecule has 0 aliphatic heterocycles. The third-order valence-corrected chi connectivity index (χ3v) is 5.91. The van der Waals surface area contributed by atoms with Crippen molar-refractivity contribution in [3.8, 4) is 6.07 Å². The van der Waals surface area contributed by atoms with Crippen LogP contribution in [0.1, 0.15) is 18.4 Å². The minimum atomic E-state index is -3.69. The van der Waals surface area contributed by atoms with Gasteiger partial charge in [0.2, 0.25) is 0 Å². The summed E-state index contributed by atoms with van der Waals surface area (Å²) >= 11 is 0. The van der Waals surface area contributed by atoms with Crippen molar-refractivity contribution >= 4 is 15.8 Å². The second-order valence-corrected chi connectivity index (χ2v) is 7.10. The van der Waals surface area contributed by atoms with Gasteiger partial charge in [0.05, 0.1) is 6.07 Å². The lowest BCUT2D eigenvalue weighted by atomic mass is 10.0. The van der Waals surface area contributed by atoms with Crippen LogP contribution in [0, 0.1) is 22.6 Å². The first-order valence-corrected chi connectivity index (χ1v) is 7.64. The summed E-state index contributed by atoms with van der Waals surface area (Å²) in [4.78, 5) is 11.4. The van der Waals surface area contributed by atoms with Crippen molar-refractivity contribution in [3.63, 3.8) is 0 Å². The van der Waals surface area contributed by atoms with Crippen LogP contribution in [0.2, 0.25) is 0 Å². The lowest BCUT2D eigenvalue weighted by molar-refractivity contribution is -0.141. The zero-order valence-corrected chi connectivity index (χ0v) is 11.4. The van der Waals surface area contributed by atoms with Crippen molar-refractivity contribution in [1.29, 1.82) is 5.26 Å². The number of sulfone groups is 1. The lowest BCUT2D eigenvalue weighted by Crippen LogP contribution is -2.23. The molecule has 7 heteroatoms. The van der Waals surface area contributed by atoms with E-state index < -0.39 is 38.2 Å². The highest BCUT2D eigenvalue weighted by Gasteiger charge is 2.76. The molecule has 1 N–H and O–H groups in total. The molecule has 1 saturated carbocycles. The van der Waals surface area contributed by atoms with Gasteiger partial charge in [-0.25, -0.2) is 12.8 Å².